The molecule has 136 valence electrons. The highest BCUT2D eigenvalue weighted by molar-refractivity contribution is 5.99. The van der Waals surface area contributed by atoms with Gasteiger partial charge in [0.1, 0.15) is 6.10 Å². The molecule has 0 aliphatic carbocycles. The molecular weight excluding hydrogens is 320 g/mol. The molecule has 0 fully saturated rings. The van der Waals surface area contributed by atoms with Gasteiger partial charge in [-0.3, -0.25) is 0 Å². The molecule has 0 spiro atoms. The second-order valence-corrected chi connectivity index (χ2v) is 7.47. The molecular formula is C20H26O5. The van der Waals surface area contributed by atoms with Crippen molar-refractivity contribution in [2.24, 2.45) is 5.92 Å². The zero-order valence-electron chi connectivity index (χ0n) is 15.4. The van der Waals surface area contributed by atoms with Crippen molar-refractivity contribution in [2.75, 3.05) is 0 Å². The highest BCUT2D eigenvalue weighted by Crippen LogP contribution is 2.31. The molecule has 1 atom stereocenters. The van der Waals surface area contributed by atoms with Gasteiger partial charge in [0.05, 0.1) is 11.2 Å². The maximum Gasteiger partial charge on any atom is 0.339 e. The smallest absolute Gasteiger partial charge is 0.339 e. The lowest BCUT2D eigenvalue weighted by Gasteiger charge is -2.27. The Labute approximate surface area is 148 Å². The maximum atomic E-state index is 12.7. The van der Waals surface area contributed by atoms with E-state index in [2.05, 4.69) is 0 Å². The van der Waals surface area contributed by atoms with Gasteiger partial charge in [0.15, 0.2) is 0 Å². The predicted molar refractivity (Wildman–Crippen MR) is 95.5 cm³/mol. The normalized spacial score (nSPS) is 18.6. The summed E-state index contributed by atoms with van der Waals surface area (Å²) in [7, 11) is 0. The van der Waals surface area contributed by atoms with Gasteiger partial charge in [0, 0.05) is 5.57 Å². The SMILES string of the molecule is Cc1ccc(/C=C(\C(=O)O)C(C)C)c2c1CC[C@H](C(C)(C)O)OC2=O. The monoisotopic (exact) mass is 346 g/mol. The lowest BCUT2D eigenvalue weighted by Crippen LogP contribution is -2.39. The summed E-state index contributed by atoms with van der Waals surface area (Å²) in [6.45, 7) is 8.77. The Kier molecular flexibility index (Phi) is 5.37. The van der Waals surface area contributed by atoms with Crippen molar-refractivity contribution in [3.05, 3.63) is 40.0 Å². The summed E-state index contributed by atoms with van der Waals surface area (Å²) >= 11 is 0. The molecule has 1 aromatic carbocycles. The molecule has 0 bridgehead atoms. The summed E-state index contributed by atoms with van der Waals surface area (Å²) in [6, 6.07) is 3.65. The number of rotatable bonds is 4. The number of carbonyl (C=O) groups excluding carboxylic acids is 1. The van der Waals surface area contributed by atoms with Crippen LogP contribution >= 0.6 is 0 Å². The molecule has 5 nitrogen and oxygen atoms in total. The third kappa shape index (κ3) is 4.10. The van der Waals surface area contributed by atoms with Gasteiger partial charge in [-0.25, -0.2) is 9.59 Å². The fourth-order valence-corrected chi connectivity index (χ4v) is 3.12. The van der Waals surface area contributed by atoms with Crippen molar-refractivity contribution >= 4 is 18.0 Å². The summed E-state index contributed by atoms with van der Waals surface area (Å²) in [5, 5.41) is 19.6. The summed E-state index contributed by atoms with van der Waals surface area (Å²) < 4.78 is 5.53. The molecule has 0 radical (unpaired) electrons. The minimum atomic E-state index is -1.13. The summed E-state index contributed by atoms with van der Waals surface area (Å²) in [6.07, 6.45) is 2.06. The Morgan fingerprint density at radius 2 is 2.00 bits per heavy atom. The van der Waals surface area contributed by atoms with E-state index in [9.17, 15) is 19.8 Å². The van der Waals surface area contributed by atoms with Crippen LogP contribution in [0.4, 0.5) is 0 Å². The van der Waals surface area contributed by atoms with Crippen LogP contribution in [0, 0.1) is 12.8 Å². The number of carboxylic acid groups (broad SMARTS) is 1. The van der Waals surface area contributed by atoms with E-state index in [1.165, 1.54) is 0 Å². The van der Waals surface area contributed by atoms with Crippen molar-refractivity contribution in [1.29, 1.82) is 0 Å². The van der Waals surface area contributed by atoms with Crippen LogP contribution in [0.1, 0.15) is 61.2 Å². The van der Waals surface area contributed by atoms with Crippen LogP contribution in [0.2, 0.25) is 0 Å². The van der Waals surface area contributed by atoms with Crippen molar-refractivity contribution in [3.63, 3.8) is 0 Å². The maximum absolute atomic E-state index is 12.7. The first-order valence-electron chi connectivity index (χ1n) is 8.53. The number of aryl methyl sites for hydroxylation is 1. The molecule has 2 N–H and O–H groups in total. The van der Waals surface area contributed by atoms with Crippen LogP contribution in [0.15, 0.2) is 17.7 Å². The number of fused-ring (bicyclic) bond motifs is 1. The minimum absolute atomic E-state index is 0.180. The second-order valence-electron chi connectivity index (χ2n) is 7.47. The van der Waals surface area contributed by atoms with E-state index in [1.807, 2.05) is 13.0 Å². The van der Waals surface area contributed by atoms with Gasteiger partial charge in [-0.1, -0.05) is 26.0 Å². The fourth-order valence-electron chi connectivity index (χ4n) is 3.12. The van der Waals surface area contributed by atoms with Gasteiger partial charge in [-0.2, -0.15) is 0 Å². The number of ether oxygens (including phenoxy) is 1. The average molecular weight is 346 g/mol. The number of hydrogen-bond acceptors (Lipinski definition) is 4. The quantitative estimate of drug-likeness (QED) is 0.645. The Morgan fingerprint density at radius 1 is 1.36 bits per heavy atom. The van der Waals surface area contributed by atoms with Crippen molar-refractivity contribution in [1.82, 2.24) is 0 Å². The largest absolute Gasteiger partial charge is 0.478 e. The van der Waals surface area contributed by atoms with Crippen molar-refractivity contribution < 1.29 is 24.5 Å². The molecule has 5 heteroatoms. The molecule has 0 saturated heterocycles. The zero-order valence-corrected chi connectivity index (χ0v) is 15.4. The minimum Gasteiger partial charge on any atom is -0.478 e. The first kappa shape index (κ1) is 19.2. The molecule has 1 aromatic rings. The highest BCUT2D eigenvalue weighted by Gasteiger charge is 2.35. The Hall–Kier alpha value is -2.14. The summed E-state index contributed by atoms with van der Waals surface area (Å²) in [5.74, 6) is -1.69. The van der Waals surface area contributed by atoms with Crippen LogP contribution in [0.5, 0.6) is 0 Å². The van der Waals surface area contributed by atoms with E-state index in [0.29, 0.717) is 24.0 Å². The standard InChI is InChI=1S/C20H26O5/c1-11(2)15(18(21)22)10-13-7-6-12(3)14-8-9-16(20(4,5)24)25-19(23)17(13)14/h6-7,10-11,16,24H,8-9H2,1-5H3,(H,21,22)/b15-10-/t16-/m1/s1. The third-order valence-corrected chi connectivity index (χ3v) is 4.66. The molecule has 0 saturated carbocycles. The molecule has 1 aliphatic rings. The summed E-state index contributed by atoms with van der Waals surface area (Å²) in [4.78, 5) is 24.2. The molecule has 1 heterocycles. The molecule has 1 aliphatic heterocycles. The Morgan fingerprint density at radius 3 is 2.52 bits per heavy atom. The second kappa shape index (κ2) is 7.00. The van der Waals surface area contributed by atoms with Crippen LogP contribution in [0.25, 0.3) is 6.08 Å². The fraction of sp³-hybridized carbons (Fsp3) is 0.500. The number of aliphatic carboxylic acids is 1. The van der Waals surface area contributed by atoms with E-state index in [1.54, 1.807) is 39.8 Å². The first-order valence-corrected chi connectivity index (χ1v) is 8.53. The van der Waals surface area contributed by atoms with Gasteiger partial charge in [-0.15, -0.1) is 0 Å². The van der Waals surface area contributed by atoms with Crippen molar-refractivity contribution in [2.45, 2.75) is 59.2 Å². The van der Waals surface area contributed by atoms with Gasteiger partial charge in [-0.05, 0) is 62.3 Å². The molecule has 25 heavy (non-hydrogen) atoms. The number of carboxylic acids is 1. The van der Waals surface area contributed by atoms with E-state index >= 15 is 0 Å². The number of cyclic esters (lactones) is 1. The van der Waals surface area contributed by atoms with Crippen LogP contribution < -0.4 is 0 Å². The van der Waals surface area contributed by atoms with Gasteiger partial charge in [0.2, 0.25) is 0 Å². The van der Waals surface area contributed by atoms with E-state index in [-0.39, 0.29) is 11.5 Å². The number of esters is 1. The van der Waals surface area contributed by atoms with Crippen molar-refractivity contribution in [3.8, 4) is 0 Å². The lowest BCUT2D eigenvalue weighted by molar-refractivity contribution is -0.133. The van der Waals surface area contributed by atoms with Crippen LogP contribution in [-0.4, -0.2) is 33.9 Å². The molecule has 2 rings (SSSR count). The number of carbonyl (C=O) groups is 2. The average Bonchev–Trinajstić information content (AvgIpc) is 2.66. The molecule has 0 amide bonds. The molecule has 0 aromatic heterocycles. The number of hydrogen-bond donors (Lipinski definition) is 2. The van der Waals surface area contributed by atoms with E-state index < -0.39 is 23.6 Å². The first-order chi connectivity index (χ1) is 11.5. The molecule has 0 unspecified atom stereocenters. The van der Waals surface area contributed by atoms with E-state index in [0.717, 1.165) is 11.1 Å². The zero-order chi connectivity index (χ0) is 18.9. The van der Waals surface area contributed by atoms with Gasteiger partial charge < -0.3 is 14.9 Å². The number of aliphatic hydroxyl groups is 1. The Bertz CT molecular complexity index is 722. The van der Waals surface area contributed by atoms with Gasteiger partial charge >= 0.3 is 11.9 Å². The topological polar surface area (TPSA) is 83.8 Å². The summed E-state index contributed by atoms with van der Waals surface area (Å²) in [5.41, 5.74) is 1.88. The third-order valence-electron chi connectivity index (χ3n) is 4.66. The lowest BCUT2D eigenvalue weighted by atomic mass is 9.90. The van der Waals surface area contributed by atoms with Crippen LogP contribution in [-0.2, 0) is 16.0 Å². The predicted octanol–water partition coefficient (Wildman–Crippen LogP) is 3.36. The van der Waals surface area contributed by atoms with Crippen LogP contribution in [0.3, 0.4) is 0 Å². The number of benzene rings is 1. The highest BCUT2D eigenvalue weighted by atomic mass is 16.6. The van der Waals surface area contributed by atoms with Gasteiger partial charge in [0.25, 0.3) is 0 Å². The Balaban J connectivity index is 2.58. The van der Waals surface area contributed by atoms with E-state index in [4.69, 9.17) is 4.74 Å².